The van der Waals surface area contributed by atoms with E-state index in [9.17, 15) is 0 Å². The van der Waals surface area contributed by atoms with Crippen LogP contribution in [-0.4, -0.2) is 23.4 Å². The molecule has 2 heterocycles. The molecule has 0 spiro atoms. The summed E-state index contributed by atoms with van der Waals surface area (Å²) >= 11 is -3.47. The molecule has 2 aliphatic heterocycles. The van der Waals surface area contributed by atoms with E-state index >= 15 is 0 Å². The molecule has 3 aromatic carbocycles. The number of hydrogen-bond acceptors (Lipinski definition) is 1. The van der Waals surface area contributed by atoms with Gasteiger partial charge < -0.3 is 0 Å². The molecule has 0 fully saturated rings. The third kappa shape index (κ3) is 6.25. The fourth-order valence-corrected chi connectivity index (χ4v) is 32.3. The van der Waals surface area contributed by atoms with Gasteiger partial charge in [-0.1, -0.05) is 0 Å². The molecule has 48 heavy (non-hydrogen) atoms. The topological polar surface area (TPSA) is 12.4 Å². The average Bonchev–Trinajstić information content (AvgIpc) is 3.30. The van der Waals surface area contributed by atoms with Crippen molar-refractivity contribution in [3.8, 4) is 0 Å². The van der Waals surface area contributed by atoms with Crippen molar-refractivity contribution in [1.29, 1.82) is 0 Å². The van der Waals surface area contributed by atoms with Crippen LogP contribution in [0.4, 0.5) is 0 Å². The Kier molecular flexibility index (Phi) is 9.79. The van der Waals surface area contributed by atoms with Crippen LogP contribution in [0, 0.1) is 0 Å². The van der Waals surface area contributed by atoms with E-state index in [1.54, 1.807) is 32.0 Å². The monoisotopic (exact) mass is 725 g/mol. The molecule has 0 aromatic heterocycles. The number of benzene rings is 3. The van der Waals surface area contributed by atoms with Crippen molar-refractivity contribution in [1.82, 2.24) is 0 Å². The van der Waals surface area contributed by atoms with Crippen LogP contribution < -0.4 is 9.70 Å². The predicted octanol–water partition coefficient (Wildman–Crippen LogP) is 12.5. The van der Waals surface area contributed by atoms with Gasteiger partial charge in [0.15, 0.2) is 0 Å². The third-order valence-corrected chi connectivity index (χ3v) is 29.3. The Labute approximate surface area is 299 Å². The van der Waals surface area contributed by atoms with Crippen LogP contribution in [0.5, 0.6) is 0 Å². The molecule has 0 bridgehead atoms. The van der Waals surface area contributed by atoms with Gasteiger partial charge in [0.1, 0.15) is 0 Å². The quantitative estimate of drug-likeness (QED) is 0.184. The number of fused-ring (bicyclic) bond motifs is 3. The van der Waals surface area contributed by atoms with Gasteiger partial charge in [0.2, 0.25) is 0 Å². The summed E-state index contributed by atoms with van der Waals surface area (Å²) in [7, 11) is -0.693. The molecule has 0 saturated heterocycles. The molecule has 3 atom stereocenters. The molecular weight excluding hydrogens is 658 g/mol. The minimum absolute atomic E-state index is 0.0263. The normalized spacial score (nSPS) is 22.7. The summed E-state index contributed by atoms with van der Waals surface area (Å²) in [4.78, 5) is 0. The van der Waals surface area contributed by atoms with Gasteiger partial charge >= 0.3 is 301 Å². The van der Waals surface area contributed by atoms with E-state index in [0.717, 1.165) is 0 Å². The number of hydrogen-bond donors (Lipinski definition) is 0. The van der Waals surface area contributed by atoms with Crippen LogP contribution in [0.3, 0.4) is 0 Å². The first kappa shape index (κ1) is 37.6. The first-order valence-corrected chi connectivity index (χ1v) is 24.4. The molecule has 3 heteroatoms. The second kappa shape index (κ2) is 12.5. The van der Waals surface area contributed by atoms with Gasteiger partial charge in [0.25, 0.3) is 0 Å². The van der Waals surface area contributed by atoms with Crippen LogP contribution in [0.15, 0.2) is 58.5 Å². The summed E-state index contributed by atoms with van der Waals surface area (Å²) in [5, 5.41) is 1.67. The Morgan fingerprint density at radius 3 is 1.71 bits per heavy atom. The summed E-state index contributed by atoms with van der Waals surface area (Å²) in [6.45, 7) is 41.9. The van der Waals surface area contributed by atoms with Crippen LogP contribution in [-0.2, 0) is 16.2 Å². The van der Waals surface area contributed by atoms with Crippen molar-refractivity contribution in [3.05, 3.63) is 93.5 Å². The van der Waals surface area contributed by atoms with Crippen LogP contribution in [0.1, 0.15) is 181 Å². The van der Waals surface area contributed by atoms with Gasteiger partial charge in [0, 0.05) is 0 Å². The van der Waals surface area contributed by atoms with Crippen molar-refractivity contribution in [3.63, 3.8) is 0 Å². The summed E-state index contributed by atoms with van der Waals surface area (Å²) in [5.41, 5.74) is 12.3. The van der Waals surface area contributed by atoms with Crippen molar-refractivity contribution in [2.45, 2.75) is 167 Å². The first-order chi connectivity index (χ1) is 21.9. The first-order valence-electron chi connectivity index (χ1n) is 18.8. The van der Waals surface area contributed by atoms with Crippen LogP contribution >= 0.6 is 7.92 Å². The second-order valence-electron chi connectivity index (χ2n) is 19.8. The number of nitrogens with zero attached hydrogens (tertiary/aromatic N) is 1. The zero-order chi connectivity index (χ0) is 35.9. The zero-order valence-electron chi connectivity index (χ0n) is 33.6. The average molecular weight is 725 g/mol. The van der Waals surface area contributed by atoms with E-state index in [1.165, 1.54) is 28.6 Å². The Hall–Kier alpha value is -1.70. The van der Waals surface area contributed by atoms with E-state index in [1.807, 2.05) is 0 Å². The molecule has 5 rings (SSSR count). The maximum atomic E-state index is 6.53. The predicted molar refractivity (Wildman–Crippen MR) is 219 cm³/mol. The summed E-state index contributed by atoms with van der Waals surface area (Å²) in [6, 6.07) is 21.9. The minimum atomic E-state index is -3.47. The summed E-state index contributed by atoms with van der Waals surface area (Å²) < 4.78 is 8.90. The Bertz CT molecular complexity index is 1660. The number of rotatable bonds is 5. The van der Waals surface area contributed by atoms with E-state index in [-0.39, 0.29) is 20.5 Å². The molecule has 0 aliphatic carbocycles. The Balaban J connectivity index is 2.02. The van der Waals surface area contributed by atoms with E-state index in [0.29, 0.717) is 22.2 Å². The van der Waals surface area contributed by atoms with Gasteiger partial charge in [-0.2, -0.15) is 0 Å². The van der Waals surface area contributed by atoms with E-state index < -0.39 is 21.4 Å². The van der Waals surface area contributed by atoms with Crippen molar-refractivity contribution >= 4 is 36.6 Å². The van der Waals surface area contributed by atoms with Gasteiger partial charge in [-0.15, -0.1) is 0 Å². The standard InChI is InChI=1S/C45H66GeNP/c1-28(2)32-23-34(29(3)4)39(35(24-32)30(5)6)46(44(13,14)15)38-27-45(16,17)37-26-33(42(7,8)9)25-36(43(10,11)12)40(37)48(38)41(47-46)31-21-19-18-20-22-31/h18-26,28-30,38H,27H2,1-17H3/t38-,46?,48?/m0/s1. The summed E-state index contributed by atoms with van der Waals surface area (Å²) in [6.07, 6.45) is 1.21. The van der Waals surface area contributed by atoms with Gasteiger partial charge in [0.05, 0.1) is 0 Å². The molecule has 0 radical (unpaired) electrons. The fourth-order valence-electron chi connectivity index (χ4n) is 8.59. The zero-order valence-corrected chi connectivity index (χ0v) is 36.6. The van der Waals surface area contributed by atoms with Gasteiger partial charge in [-0.3, -0.25) is 0 Å². The second-order valence-corrected chi connectivity index (χ2v) is 32.3. The molecular formula is C45H66GeNP. The molecule has 260 valence electrons. The molecule has 0 saturated carbocycles. The SMILES string of the molecule is CC(C)c1cc(C(C)C)[c]([Ge]2([C](C)(C)C)[N]=C(c3ccccc3)P3c4c(C(C)(C)C)cc(C(C)(C)C)cc4C(C)(C)C[C@H]32)c(C(C)C)c1. The molecule has 2 unspecified atom stereocenters. The molecule has 2 aliphatic rings. The fraction of sp³-hybridized carbons (Fsp3) is 0.578. The van der Waals surface area contributed by atoms with Gasteiger partial charge in [-0.05, 0) is 0 Å². The molecule has 0 N–H and O–H groups in total. The van der Waals surface area contributed by atoms with Crippen molar-refractivity contribution in [2.75, 3.05) is 0 Å². The Morgan fingerprint density at radius 2 is 1.27 bits per heavy atom. The molecule has 1 nitrogen and oxygen atoms in total. The van der Waals surface area contributed by atoms with Crippen molar-refractivity contribution in [2.24, 2.45) is 3.95 Å². The van der Waals surface area contributed by atoms with E-state index in [2.05, 4.69) is 172 Å². The van der Waals surface area contributed by atoms with E-state index in [4.69, 9.17) is 3.95 Å². The van der Waals surface area contributed by atoms with Gasteiger partial charge in [-0.25, -0.2) is 0 Å². The van der Waals surface area contributed by atoms with Crippen LogP contribution in [0.2, 0.25) is 4.25 Å². The third-order valence-electron chi connectivity index (χ3n) is 11.5. The van der Waals surface area contributed by atoms with Crippen LogP contribution in [0.25, 0.3) is 0 Å². The summed E-state index contributed by atoms with van der Waals surface area (Å²) in [5.74, 6) is 1.40. The molecule has 3 aromatic rings. The maximum absolute atomic E-state index is 6.53. The molecule has 0 amide bonds. The van der Waals surface area contributed by atoms with Crippen molar-refractivity contribution < 1.29 is 0 Å². The Morgan fingerprint density at radius 1 is 0.729 bits per heavy atom.